The summed E-state index contributed by atoms with van der Waals surface area (Å²) in [6.45, 7) is 2.19. The third-order valence-corrected chi connectivity index (χ3v) is 3.85. The number of aromatic amines is 1. The summed E-state index contributed by atoms with van der Waals surface area (Å²) in [7, 11) is 0. The van der Waals surface area contributed by atoms with Crippen molar-refractivity contribution in [3.05, 3.63) is 70.8 Å². The van der Waals surface area contributed by atoms with Crippen LogP contribution in [-0.4, -0.2) is 29.7 Å². The van der Waals surface area contributed by atoms with Crippen molar-refractivity contribution >= 4 is 10.9 Å². The Morgan fingerprint density at radius 3 is 2.83 bits per heavy atom. The van der Waals surface area contributed by atoms with Crippen LogP contribution in [0.15, 0.2) is 53.8 Å². The van der Waals surface area contributed by atoms with E-state index >= 15 is 0 Å². The fourth-order valence-electron chi connectivity index (χ4n) is 2.64. The number of hydrogen-bond acceptors (Lipinski definition) is 5. The second kappa shape index (κ2) is 5.69. The monoisotopic (exact) mass is 318 g/mol. The van der Waals surface area contributed by atoms with E-state index in [0.717, 1.165) is 11.1 Å². The maximum absolute atomic E-state index is 12.7. The molecule has 0 aliphatic carbocycles. The molecule has 7 nitrogen and oxygen atoms in total. The number of fused-ring (bicyclic) bond motifs is 1. The van der Waals surface area contributed by atoms with Crippen molar-refractivity contribution in [1.29, 1.82) is 0 Å². The van der Waals surface area contributed by atoms with Gasteiger partial charge in [0.2, 0.25) is 0 Å². The van der Waals surface area contributed by atoms with Crippen molar-refractivity contribution in [2.24, 2.45) is 0 Å². The van der Waals surface area contributed by atoms with E-state index in [9.17, 15) is 4.79 Å². The summed E-state index contributed by atoms with van der Waals surface area (Å²) < 4.78 is 1.53. The number of aromatic nitrogens is 6. The molecule has 0 aliphatic heterocycles. The maximum atomic E-state index is 12.7. The quantitative estimate of drug-likeness (QED) is 0.623. The van der Waals surface area contributed by atoms with Crippen LogP contribution >= 0.6 is 0 Å². The minimum absolute atomic E-state index is 0.0834. The molecule has 0 unspecified atom stereocenters. The Morgan fingerprint density at radius 1 is 1.17 bits per heavy atom. The lowest BCUT2D eigenvalue weighted by Gasteiger charge is -2.06. The van der Waals surface area contributed by atoms with Gasteiger partial charge >= 0.3 is 0 Å². The largest absolute Gasteiger partial charge is 0.291 e. The SMILES string of the molecule is Cc1cccc2ncn(Cc3nc(-c4ccncc4)n[nH]3)c(=O)c12. The summed E-state index contributed by atoms with van der Waals surface area (Å²) in [5.41, 5.74) is 2.40. The summed E-state index contributed by atoms with van der Waals surface area (Å²) in [5, 5.41) is 7.70. The van der Waals surface area contributed by atoms with E-state index in [1.54, 1.807) is 18.7 Å². The smallest absolute Gasteiger partial charge is 0.261 e. The first kappa shape index (κ1) is 14.3. The Bertz CT molecular complexity index is 1070. The van der Waals surface area contributed by atoms with E-state index in [2.05, 4.69) is 25.1 Å². The highest BCUT2D eigenvalue weighted by Gasteiger charge is 2.10. The molecule has 0 aliphatic rings. The fraction of sp³-hybridized carbons (Fsp3) is 0.118. The molecule has 3 heterocycles. The number of aryl methyl sites for hydroxylation is 1. The number of H-pyrrole nitrogens is 1. The van der Waals surface area contributed by atoms with Gasteiger partial charge < -0.3 is 0 Å². The first-order chi connectivity index (χ1) is 11.7. The first-order valence-electron chi connectivity index (χ1n) is 7.49. The van der Waals surface area contributed by atoms with Gasteiger partial charge in [0.1, 0.15) is 5.82 Å². The van der Waals surface area contributed by atoms with Crippen LogP contribution in [0, 0.1) is 6.92 Å². The first-order valence-corrected chi connectivity index (χ1v) is 7.49. The van der Waals surface area contributed by atoms with Gasteiger partial charge in [0, 0.05) is 18.0 Å². The predicted molar refractivity (Wildman–Crippen MR) is 89.5 cm³/mol. The summed E-state index contributed by atoms with van der Waals surface area (Å²) in [6.07, 6.45) is 4.91. The molecule has 1 aromatic carbocycles. The van der Waals surface area contributed by atoms with Gasteiger partial charge in [-0.1, -0.05) is 12.1 Å². The predicted octanol–water partition coefficient (Wildman–Crippen LogP) is 1.93. The van der Waals surface area contributed by atoms with E-state index in [-0.39, 0.29) is 12.1 Å². The Hall–Kier alpha value is -3.35. The molecule has 1 N–H and O–H groups in total. The maximum Gasteiger partial charge on any atom is 0.261 e. The molecule has 24 heavy (non-hydrogen) atoms. The van der Waals surface area contributed by atoms with Crippen molar-refractivity contribution in [2.75, 3.05) is 0 Å². The van der Waals surface area contributed by atoms with Crippen LogP contribution in [0.3, 0.4) is 0 Å². The van der Waals surface area contributed by atoms with Crippen molar-refractivity contribution in [2.45, 2.75) is 13.5 Å². The molecular formula is C17H14N6O. The highest BCUT2D eigenvalue weighted by Crippen LogP contribution is 2.14. The summed E-state index contributed by atoms with van der Waals surface area (Å²) in [4.78, 5) is 25.5. The van der Waals surface area contributed by atoms with E-state index in [1.165, 1.54) is 4.57 Å². The highest BCUT2D eigenvalue weighted by molar-refractivity contribution is 5.80. The van der Waals surface area contributed by atoms with Crippen LogP contribution in [0.5, 0.6) is 0 Å². The van der Waals surface area contributed by atoms with Gasteiger partial charge in [0.05, 0.1) is 23.8 Å². The molecule has 0 radical (unpaired) electrons. The van der Waals surface area contributed by atoms with Crippen LogP contribution in [0.25, 0.3) is 22.3 Å². The minimum atomic E-state index is -0.0834. The third-order valence-electron chi connectivity index (χ3n) is 3.85. The second-order valence-corrected chi connectivity index (χ2v) is 5.49. The average Bonchev–Trinajstić information content (AvgIpc) is 3.07. The zero-order valence-corrected chi connectivity index (χ0v) is 13.0. The molecule has 118 valence electrons. The molecule has 0 bridgehead atoms. The fourth-order valence-corrected chi connectivity index (χ4v) is 2.64. The highest BCUT2D eigenvalue weighted by atomic mass is 16.1. The van der Waals surface area contributed by atoms with Gasteiger partial charge in [-0.2, -0.15) is 5.10 Å². The number of hydrogen-bond donors (Lipinski definition) is 1. The summed E-state index contributed by atoms with van der Waals surface area (Å²) in [6, 6.07) is 9.31. The molecule has 3 aromatic heterocycles. The number of nitrogens with one attached hydrogen (secondary N) is 1. The van der Waals surface area contributed by atoms with Gasteiger partial charge in [-0.05, 0) is 30.7 Å². The Labute approximate surface area is 137 Å². The molecule has 0 saturated carbocycles. The molecule has 4 aromatic rings. The van der Waals surface area contributed by atoms with Gasteiger partial charge in [-0.25, -0.2) is 9.97 Å². The lowest BCUT2D eigenvalue weighted by Crippen LogP contribution is -2.22. The Kier molecular flexibility index (Phi) is 3.38. The third kappa shape index (κ3) is 2.45. The Morgan fingerprint density at radius 2 is 2.00 bits per heavy atom. The zero-order chi connectivity index (χ0) is 16.5. The molecule has 0 spiro atoms. The molecule has 0 amide bonds. The second-order valence-electron chi connectivity index (χ2n) is 5.49. The normalized spacial score (nSPS) is 11.0. The van der Waals surface area contributed by atoms with Gasteiger partial charge in [-0.15, -0.1) is 0 Å². The van der Waals surface area contributed by atoms with Crippen LogP contribution < -0.4 is 5.56 Å². The molecule has 0 saturated heterocycles. The van der Waals surface area contributed by atoms with Gasteiger partial charge in [-0.3, -0.25) is 19.4 Å². The lowest BCUT2D eigenvalue weighted by atomic mass is 10.1. The molecule has 7 heteroatoms. The van der Waals surface area contributed by atoms with E-state index < -0.39 is 0 Å². The van der Waals surface area contributed by atoms with Crippen molar-refractivity contribution in [3.63, 3.8) is 0 Å². The number of pyridine rings is 1. The average molecular weight is 318 g/mol. The number of benzene rings is 1. The van der Waals surface area contributed by atoms with Crippen LogP contribution in [0.1, 0.15) is 11.4 Å². The zero-order valence-electron chi connectivity index (χ0n) is 13.0. The van der Waals surface area contributed by atoms with E-state index in [1.807, 2.05) is 37.3 Å². The topological polar surface area (TPSA) is 89.3 Å². The summed E-state index contributed by atoms with van der Waals surface area (Å²) >= 11 is 0. The number of rotatable bonds is 3. The molecule has 0 atom stereocenters. The molecule has 0 fully saturated rings. The van der Waals surface area contributed by atoms with Crippen molar-refractivity contribution in [1.82, 2.24) is 29.7 Å². The lowest BCUT2D eigenvalue weighted by molar-refractivity contribution is 0.709. The van der Waals surface area contributed by atoms with Crippen LogP contribution in [0.4, 0.5) is 0 Å². The van der Waals surface area contributed by atoms with Crippen molar-refractivity contribution < 1.29 is 0 Å². The standard InChI is InChI=1S/C17H14N6O/c1-11-3-2-4-13-15(11)17(24)23(10-19-13)9-14-20-16(22-21-14)12-5-7-18-8-6-12/h2-8,10H,9H2,1H3,(H,20,21,22). The number of nitrogens with zero attached hydrogens (tertiary/aromatic N) is 5. The van der Waals surface area contributed by atoms with Crippen molar-refractivity contribution in [3.8, 4) is 11.4 Å². The van der Waals surface area contributed by atoms with Crippen LogP contribution in [0.2, 0.25) is 0 Å². The molecule has 4 rings (SSSR count). The Balaban J connectivity index is 1.71. The molecular weight excluding hydrogens is 304 g/mol. The van der Waals surface area contributed by atoms with E-state index in [4.69, 9.17) is 0 Å². The van der Waals surface area contributed by atoms with Gasteiger partial charge in [0.25, 0.3) is 5.56 Å². The van der Waals surface area contributed by atoms with E-state index in [0.29, 0.717) is 22.6 Å². The van der Waals surface area contributed by atoms with Gasteiger partial charge in [0.15, 0.2) is 5.82 Å². The van der Waals surface area contributed by atoms with Crippen LogP contribution in [-0.2, 0) is 6.54 Å². The minimum Gasteiger partial charge on any atom is -0.291 e. The summed E-state index contributed by atoms with van der Waals surface area (Å²) in [5.74, 6) is 1.17.